The van der Waals surface area contributed by atoms with Crippen molar-refractivity contribution in [2.45, 2.75) is 43.5 Å². The van der Waals surface area contributed by atoms with Gasteiger partial charge in [-0.2, -0.15) is 0 Å². The topological polar surface area (TPSA) is 106 Å². The highest BCUT2D eigenvalue weighted by Crippen LogP contribution is 2.32. The molecule has 3 aromatic rings. The molecule has 0 saturated carbocycles. The van der Waals surface area contributed by atoms with E-state index in [4.69, 9.17) is 16.3 Å². The van der Waals surface area contributed by atoms with Crippen LogP contribution in [-0.4, -0.2) is 53.1 Å². The molecule has 2 aromatic heterocycles. The van der Waals surface area contributed by atoms with E-state index < -0.39 is 12.0 Å². The maximum absolute atomic E-state index is 13.1. The van der Waals surface area contributed by atoms with Gasteiger partial charge in [-0.25, -0.2) is 9.71 Å². The lowest BCUT2D eigenvalue weighted by molar-refractivity contribution is -0.145. The zero-order valence-electron chi connectivity index (χ0n) is 21.2. The lowest BCUT2D eigenvalue weighted by atomic mass is 10.1. The molecule has 9 nitrogen and oxygen atoms in total. The molecule has 2 amide bonds. The third-order valence-electron chi connectivity index (χ3n) is 6.20. The molecule has 0 aliphatic carbocycles. The van der Waals surface area contributed by atoms with Crippen molar-refractivity contribution in [1.82, 2.24) is 19.6 Å². The van der Waals surface area contributed by atoms with Crippen LogP contribution < -0.4 is 14.9 Å². The van der Waals surface area contributed by atoms with Gasteiger partial charge < -0.3 is 19.5 Å². The van der Waals surface area contributed by atoms with Gasteiger partial charge in [-0.15, -0.1) is 11.3 Å². The summed E-state index contributed by atoms with van der Waals surface area (Å²) >= 11 is 8.43. The summed E-state index contributed by atoms with van der Waals surface area (Å²) in [5.74, 6) is -0.667. The minimum absolute atomic E-state index is 0.0255. The van der Waals surface area contributed by atoms with Crippen LogP contribution in [0.25, 0.3) is 0 Å². The molecule has 0 bridgehead atoms. The maximum Gasteiger partial charge on any atom is 0.325 e. The fourth-order valence-corrected chi connectivity index (χ4v) is 6.10. The third-order valence-corrected chi connectivity index (χ3v) is 8.44. The number of hydrogen-bond acceptors (Lipinski definition) is 8. The van der Waals surface area contributed by atoms with E-state index in [9.17, 15) is 14.4 Å². The summed E-state index contributed by atoms with van der Waals surface area (Å²) in [4.78, 5) is 45.3. The third kappa shape index (κ3) is 6.96. The number of carbonyl (C=O) groups is 3. The molecule has 0 spiro atoms. The largest absolute Gasteiger partial charge is 0.464 e. The Kier molecular flexibility index (Phi) is 9.84. The molecule has 1 atom stereocenters. The zero-order valence-corrected chi connectivity index (χ0v) is 23.6. The van der Waals surface area contributed by atoms with Crippen molar-refractivity contribution < 1.29 is 19.1 Å². The van der Waals surface area contributed by atoms with Crippen molar-refractivity contribution in [2.24, 2.45) is 7.05 Å². The van der Waals surface area contributed by atoms with Crippen molar-refractivity contribution >= 4 is 58.4 Å². The molecule has 4 rings (SSSR count). The minimum Gasteiger partial charge on any atom is -0.464 e. The summed E-state index contributed by atoms with van der Waals surface area (Å²) in [6, 6.07) is 8.31. The van der Waals surface area contributed by atoms with Gasteiger partial charge in [0.25, 0.3) is 5.91 Å². The zero-order chi connectivity index (χ0) is 27.1. The SMILES string of the molecule is CCc1c(SN[C@@H](CNC(=O)c2ccc(Cl)s2)C(=O)OCCc2cncn2C)cccc1N1CCCC1=O. The second-order valence-electron chi connectivity index (χ2n) is 8.76. The number of hydrogen-bond donors (Lipinski definition) is 2. The molecule has 1 aromatic carbocycles. The molecule has 0 radical (unpaired) electrons. The lowest BCUT2D eigenvalue weighted by Crippen LogP contribution is -2.44. The summed E-state index contributed by atoms with van der Waals surface area (Å²) in [6.45, 7) is 2.96. The summed E-state index contributed by atoms with van der Waals surface area (Å²) in [5.41, 5.74) is 2.88. The highest BCUT2D eigenvalue weighted by atomic mass is 35.5. The number of nitrogens with zero attached hydrogens (tertiary/aromatic N) is 3. The van der Waals surface area contributed by atoms with E-state index in [0.29, 0.717) is 28.6 Å². The second-order valence-corrected chi connectivity index (χ2v) is 11.4. The van der Waals surface area contributed by atoms with E-state index >= 15 is 0 Å². The molecular formula is C26H30ClN5O4S2. The number of imidazole rings is 1. The number of benzene rings is 1. The Hall–Kier alpha value is -2.86. The van der Waals surface area contributed by atoms with Gasteiger partial charge in [0.2, 0.25) is 5.91 Å². The summed E-state index contributed by atoms with van der Waals surface area (Å²) in [5, 5.41) is 2.80. The molecule has 0 unspecified atom stereocenters. The van der Waals surface area contributed by atoms with Crippen LogP contribution in [0.5, 0.6) is 0 Å². The average Bonchev–Trinajstić information content (AvgIpc) is 3.65. The van der Waals surface area contributed by atoms with E-state index in [2.05, 4.69) is 15.0 Å². The van der Waals surface area contributed by atoms with Gasteiger partial charge in [-0.1, -0.05) is 24.6 Å². The van der Waals surface area contributed by atoms with Gasteiger partial charge in [-0.3, -0.25) is 14.4 Å². The number of thiophene rings is 1. The van der Waals surface area contributed by atoms with Crippen LogP contribution in [0, 0.1) is 0 Å². The smallest absolute Gasteiger partial charge is 0.325 e. The Labute approximate surface area is 235 Å². The van der Waals surface area contributed by atoms with Gasteiger partial charge in [0, 0.05) is 55.5 Å². The van der Waals surface area contributed by atoms with Crippen LogP contribution in [-0.2, 0) is 34.2 Å². The van der Waals surface area contributed by atoms with Gasteiger partial charge >= 0.3 is 5.97 Å². The van der Waals surface area contributed by atoms with Crippen molar-refractivity contribution in [3.8, 4) is 0 Å². The normalized spacial score (nSPS) is 14.1. The van der Waals surface area contributed by atoms with Crippen LogP contribution in [0.1, 0.15) is 40.7 Å². The van der Waals surface area contributed by atoms with Gasteiger partial charge in [0.15, 0.2) is 0 Å². The fourth-order valence-electron chi connectivity index (χ4n) is 4.17. The van der Waals surface area contributed by atoms with Crippen LogP contribution in [0.2, 0.25) is 4.34 Å². The standard InChI is InChI=1S/C26H30ClN5O4S2/c1-3-18-20(32-12-5-8-24(32)33)6-4-7-21(18)38-30-19(15-29-25(34)22-9-10-23(27)37-22)26(35)36-13-11-17-14-28-16-31(17)2/h4,6-7,9-10,14,16,19,30H,3,5,8,11-13,15H2,1-2H3,(H,29,34)/t19-/m0/s1. The first-order valence-electron chi connectivity index (χ1n) is 12.4. The molecule has 1 saturated heterocycles. The molecule has 2 N–H and O–H groups in total. The Morgan fingerprint density at radius 1 is 1.29 bits per heavy atom. The Balaban J connectivity index is 1.44. The number of aryl methyl sites for hydroxylation is 1. The Morgan fingerprint density at radius 3 is 2.79 bits per heavy atom. The summed E-state index contributed by atoms with van der Waals surface area (Å²) in [6.07, 6.45) is 6.07. The maximum atomic E-state index is 13.1. The number of ether oxygens (including phenoxy) is 1. The second kappa shape index (κ2) is 13.3. The van der Waals surface area contributed by atoms with Gasteiger partial charge in [0.1, 0.15) is 6.04 Å². The number of halogens is 1. The van der Waals surface area contributed by atoms with E-state index in [1.807, 2.05) is 41.6 Å². The van der Waals surface area contributed by atoms with Crippen molar-refractivity contribution in [3.63, 3.8) is 0 Å². The molecule has 1 aliphatic heterocycles. The van der Waals surface area contributed by atoms with Crippen LogP contribution in [0.15, 0.2) is 47.8 Å². The number of amides is 2. The number of rotatable bonds is 12. The highest BCUT2D eigenvalue weighted by Gasteiger charge is 2.26. The van der Waals surface area contributed by atoms with Gasteiger partial charge in [-0.05, 0) is 54.6 Å². The average molecular weight is 576 g/mol. The number of carbonyl (C=O) groups excluding carboxylic acids is 3. The van der Waals surface area contributed by atoms with Crippen molar-refractivity contribution in [1.29, 1.82) is 0 Å². The van der Waals surface area contributed by atoms with Crippen molar-refractivity contribution in [2.75, 3.05) is 24.6 Å². The fraction of sp³-hybridized carbons (Fsp3) is 0.385. The Bertz CT molecular complexity index is 1290. The van der Waals surface area contributed by atoms with Gasteiger partial charge in [0.05, 0.1) is 22.1 Å². The van der Waals surface area contributed by atoms with E-state index in [-0.39, 0.29) is 25.0 Å². The lowest BCUT2D eigenvalue weighted by Gasteiger charge is -2.23. The number of aromatic nitrogens is 2. The summed E-state index contributed by atoms with van der Waals surface area (Å²) < 4.78 is 11.1. The molecule has 3 heterocycles. The first-order valence-corrected chi connectivity index (χ1v) is 14.4. The van der Waals surface area contributed by atoms with E-state index in [0.717, 1.165) is 34.7 Å². The number of anilines is 1. The minimum atomic E-state index is -0.812. The Morgan fingerprint density at radius 2 is 2.13 bits per heavy atom. The molecule has 38 heavy (non-hydrogen) atoms. The highest BCUT2D eigenvalue weighted by molar-refractivity contribution is 7.97. The molecule has 1 aliphatic rings. The summed E-state index contributed by atoms with van der Waals surface area (Å²) in [7, 11) is 1.88. The number of esters is 1. The van der Waals surface area contributed by atoms with Crippen LogP contribution in [0.4, 0.5) is 5.69 Å². The molecular weight excluding hydrogens is 546 g/mol. The first kappa shape index (κ1) is 28.2. The molecule has 202 valence electrons. The molecule has 12 heteroatoms. The monoisotopic (exact) mass is 575 g/mol. The molecule has 1 fully saturated rings. The van der Waals surface area contributed by atoms with E-state index in [1.165, 1.54) is 23.3 Å². The van der Waals surface area contributed by atoms with Crippen molar-refractivity contribution in [3.05, 3.63) is 63.3 Å². The predicted octanol–water partition coefficient (Wildman–Crippen LogP) is 4.01. The van der Waals surface area contributed by atoms with Crippen LogP contribution >= 0.6 is 34.9 Å². The van der Waals surface area contributed by atoms with E-state index in [1.54, 1.807) is 24.7 Å². The predicted molar refractivity (Wildman–Crippen MR) is 150 cm³/mol. The number of nitrogens with one attached hydrogen (secondary N) is 2. The van der Waals surface area contributed by atoms with Crippen LogP contribution in [0.3, 0.4) is 0 Å². The quantitative estimate of drug-likeness (QED) is 0.248. The first-order chi connectivity index (χ1) is 18.4.